The van der Waals surface area contributed by atoms with Gasteiger partial charge < -0.3 is 10.3 Å². The molecule has 0 saturated carbocycles. The predicted octanol–water partition coefficient (Wildman–Crippen LogP) is 4.11. The van der Waals surface area contributed by atoms with E-state index in [0.717, 1.165) is 6.07 Å². The molecule has 1 aliphatic heterocycles. The molecule has 1 aromatic heterocycles. The molecule has 0 bridgehead atoms. The number of fused-ring (bicyclic) bond motifs is 1. The van der Waals surface area contributed by atoms with E-state index >= 15 is 0 Å². The molecule has 0 saturated heterocycles. The highest BCUT2D eigenvalue weighted by Crippen LogP contribution is 2.24. The fraction of sp³-hybridized carbons (Fsp3) is 0.0500. The average Bonchev–Trinajstić information content (AvgIpc) is 2.92. The van der Waals surface area contributed by atoms with Gasteiger partial charge in [0.05, 0.1) is 11.1 Å². The normalized spacial score (nSPS) is 13.5. The molecule has 4 rings (SSSR count). The lowest BCUT2D eigenvalue weighted by Crippen LogP contribution is -2.30. The Morgan fingerprint density at radius 2 is 1.93 bits per heavy atom. The lowest BCUT2D eigenvalue weighted by atomic mass is 10.1. The van der Waals surface area contributed by atoms with E-state index in [1.165, 1.54) is 12.1 Å². The van der Waals surface area contributed by atoms with Crippen LogP contribution in [0.25, 0.3) is 22.4 Å². The third-order valence-corrected chi connectivity index (χ3v) is 4.03. The number of carbonyl (C=O) groups excluding carboxylic acids is 1. The van der Waals surface area contributed by atoms with Gasteiger partial charge in [0.15, 0.2) is 0 Å². The minimum Gasteiger partial charge on any atom is -0.338 e. The lowest BCUT2D eigenvalue weighted by molar-refractivity contribution is 0.0978. The predicted molar refractivity (Wildman–Crippen MR) is 99.2 cm³/mol. The van der Waals surface area contributed by atoms with Crippen molar-refractivity contribution in [3.63, 3.8) is 0 Å². The van der Waals surface area contributed by atoms with E-state index in [4.69, 9.17) is 0 Å². The maximum Gasteiger partial charge on any atom is 0.258 e. The fourth-order valence-electron chi connectivity index (χ4n) is 2.82. The van der Waals surface area contributed by atoms with Gasteiger partial charge in [-0.2, -0.15) is 0 Å². The maximum atomic E-state index is 13.5. The van der Waals surface area contributed by atoms with Crippen molar-refractivity contribution < 1.29 is 13.6 Å². The molecule has 0 spiro atoms. The number of para-hydroxylation sites is 1. The van der Waals surface area contributed by atoms with Gasteiger partial charge in [0.1, 0.15) is 28.8 Å². The summed E-state index contributed by atoms with van der Waals surface area (Å²) in [5.74, 6) is -0.954. The Balaban J connectivity index is 1.71. The number of amidine groups is 1. The van der Waals surface area contributed by atoms with Crippen molar-refractivity contribution >= 4 is 22.8 Å². The number of imidazole rings is 1. The highest BCUT2D eigenvalue weighted by atomic mass is 19.1. The number of amides is 1. The van der Waals surface area contributed by atoms with Crippen LogP contribution in [-0.4, -0.2) is 21.7 Å². The van der Waals surface area contributed by atoms with Crippen molar-refractivity contribution in [1.29, 1.82) is 0 Å². The number of aromatic amines is 1. The molecule has 2 heterocycles. The molecule has 0 aliphatic carbocycles. The third-order valence-electron chi connectivity index (χ3n) is 4.03. The van der Waals surface area contributed by atoms with Crippen molar-refractivity contribution in [2.24, 2.45) is 4.99 Å². The van der Waals surface area contributed by atoms with Crippen LogP contribution in [0.15, 0.2) is 65.8 Å². The first-order valence-corrected chi connectivity index (χ1v) is 8.25. The minimum absolute atomic E-state index is 0.262. The van der Waals surface area contributed by atoms with E-state index in [-0.39, 0.29) is 17.3 Å². The number of hydrogen-bond acceptors (Lipinski definition) is 3. The molecule has 0 unspecified atom stereocenters. The largest absolute Gasteiger partial charge is 0.338 e. The van der Waals surface area contributed by atoms with Gasteiger partial charge in [-0.15, -0.1) is 0 Å². The first-order valence-electron chi connectivity index (χ1n) is 8.25. The SMILES string of the molecule is O=C(NC1=NC=CC=CC1)c1cccc2[nH]c(-c3cc(F)cc(F)c3)nc12. The van der Waals surface area contributed by atoms with Crippen molar-refractivity contribution in [1.82, 2.24) is 15.3 Å². The van der Waals surface area contributed by atoms with Crippen LogP contribution in [0, 0.1) is 11.6 Å². The van der Waals surface area contributed by atoms with Crippen LogP contribution in [0.5, 0.6) is 0 Å². The standard InChI is InChI=1S/C20H14F2N4O/c21-13-9-12(10-14(22)11-13)19-24-16-6-4-5-15(18(16)26-19)20(27)25-17-7-2-1-3-8-23-17/h1-6,8-11H,7H2,(H,24,26)(H,23,25,27). The minimum atomic E-state index is -0.698. The van der Waals surface area contributed by atoms with Crippen molar-refractivity contribution in [3.8, 4) is 11.4 Å². The third kappa shape index (κ3) is 3.52. The van der Waals surface area contributed by atoms with E-state index in [9.17, 15) is 13.6 Å². The molecule has 2 aromatic carbocycles. The molecule has 27 heavy (non-hydrogen) atoms. The van der Waals surface area contributed by atoms with Gasteiger partial charge >= 0.3 is 0 Å². The molecule has 0 fully saturated rings. The van der Waals surface area contributed by atoms with Crippen LogP contribution >= 0.6 is 0 Å². The highest BCUT2D eigenvalue weighted by Gasteiger charge is 2.16. The van der Waals surface area contributed by atoms with E-state index in [2.05, 4.69) is 20.3 Å². The molecule has 3 aromatic rings. The Bertz CT molecular complexity index is 1110. The highest BCUT2D eigenvalue weighted by molar-refractivity contribution is 6.12. The topological polar surface area (TPSA) is 70.1 Å². The van der Waals surface area contributed by atoms with Gasteiger partial charge in [-0.1, -0.05) is 18.2 Å². The molecule has 134 valence electrons. The number of benzene rings is 2. The fourth-order valence-corrected chi connectivity index (χ4v) is 2.82. The zero-order chi connectivity index (χ0) is 18.8. The number of nitrogens with one attached hydrogen (secondary N) is 2. The van der Waals surface area contributed by atoms with Gasteiger partial charge in [-0.25, -0.2) is 18.8 Å². The second kappa shape index (κ2) is 6.95. The van der Waals surface area contributed by atoms with E-state index in [1.54, 1.807) is 30.5 Å². The number of aromatic nitrogens is 2. The molecular formula is C20H14F2N4O. The van der Waals surface area contributed by atoms with Gasteiger partial charge in [-0.3, -0.25) is 4.79 Å². The number of allylic oxidation sites excluding steroid dienone is 2. The van der Waals surface area contributed by atoms with Gasteiger partial charge in [0.2, 0.25) is 0 Å². The number of H-pyrrole nitrogens is 1. The summed E-state index contributed by atoms with van der Waals surface area (Å²) in [6.07, 6.45) is 7.61. The number of halogens is 2. The quantitative estimate of drug-likeness (QED) is 0.718. The number of carbonyl (C=O) groups is 1. The van der Waals surface area contributed by atoms with E-state index in [0.29, 0.717) is 28.9 Å². The van der Waals surface area contributed by atoms with Crippen LogP contribution < -0.4 is 5.32 Å². The number of rotatable bonds is 2. The number of nitrogens with zero attached hydrogens (tertiary/aromatic N) is 2. The molecule has 0 atom stereocenters. The summed E-state index contributed by atoms with van der Waals surface area (Å²) >= 11 is 0. The first kappa shape index (κ1) is 16.8. The lowest BCUT2D eigenvalue weighted by Gasteiger charge is -2.06. The second-order valence-corrected chi connectivity index (χ2v) is 5.95. The van der Waals surface area contributed by atoms with Crippen LogP contribution in [0.1, 0.15) is 16.8 Å². The smallest absolute Gasteiger partial charge is 0.258 e. The second-order valence-electron chi connectivity index (χ2n) is 5.95. The molecule has 7 heteroatoms. The summed E-state index contributed by atoms with van der Waals surface area (Å²) in [5.41, 5.74) is 1.60. The molecule has 1 aliphatic rings. The van der Waals surface area contributed by atoms with Crippen LogP contribution in [0.4, 0.5) is 8.78 Å². The Morgan fingerprint density at radius 1 is 1.11 bits per heavy atom. The van der Waals surface area contributed by atoms with Crippen molar-refractivity contribution in [2.75, 3.05) is 0 Å². The van der Waals surface area contributed by atoms with Crippen LogP contribution in [0.2, 0.25) is 0 Å². The molecule has 1 amide bonds. The summed E-state index contributed by atoms with van der Waals surface area (Å²) < 4.78 is 27.0. The summed E-state index contributed by atoms with van der Waals surface area (Å²) in [6.45, 7) is 0. The zero-order valence-corrected chi connectivity index (χ0v) is 14.0. The van der Waals surface area contributed by atoms with Crippen molar-refractivity contribution in [2.45, 2.75) is 6.42 Å². The van der Waals surface area contributed by atoms with Gasteiger partial charge in [-0.05, 0) is 30.3 Å². The summed E-state index contributed by atoms with van der Waals surface area (Å²) in [7, 11) is 0. The Labute approximate surface area is 153 Å². The molecular weight excluding hydrogens is 350 g/mol. The molecule has 0 radical (unpaired) electrons. The van der Waals surface area contributed by atoms with Gasteiger partial charge in [0.25, 0.3) is 5.91 Å². The molecule has 2 N–H and O–H groups in total. The Hall–Kier alpha value is -3.61. The molecule has 5 nitrogen and oxygen atoms in total. The van der Waals surface area contributed by atoms with Gasteiger partial charge in [0, 0.05) is 24.3 Å². The number of hydrogen-bond donors (Lipinski definition) is 2. The zero-order valence-electron chi connectivity index (χ0n) is 14.0. The summed E-state index contributed by atoms with van der Waals surface area (Å²) in [5, 5.41) is 2.77. The number of aliphatic imine (C=N–C) groups is 1. The average molecular weight is 364 g/mol. The van der Waals surface area contributed by atoms with E-state index < -0.39 is 11.6 Å². The summed E-state index contributed by atoms with van der Waals surface area (Å²) in [6, 6.07) is 8.24. The first-order chi connectivity index (χ1) is 13.1. The van der Waals surface area contributed by atoms with Crippen LogP contribution in [0.3, 0.4) is 0 Å². The van der Waals surface area contributed by atoms with Crippen molar-refractivity contribution in [3.05, 3.63) is 78.0 Å². The Kier molecular flexibility index (Phi) is 4.33. The summed E-state index contributed by atoms with van der Waals surface area (Å²) in [4.78, 5) is 24.2. The maximum absolute atomic E-state index is 13.5. The van der Waals surface area contributed by atoms with E-state index in [1.807, 2.05) is 12.2 Å². The monoisotopic (exact) mass is 364 g/mol. The van der Waals surface area contributed by atoms with Crippen LogP contribution in [-0.2, 0) is 0 Å². The Morgan fingerprint density at radius 3 is 2.74 bits per heavy atom.